The van der Waals surface area contributed by atoms with Crippen LogP contribution in [0.5, 0.6) is 0 Å². The number of fused-ring (bicyclic) bond motifs is 3. The van der Waals surface area contributed by atoms with Crippen LogP contribution in [0.25, 0.3) is 0 Å². The van der Waals surface area contributed by atoms with E-state index in [1.807, 2.05) is 6.92 Å². The lowest BCUT2D eigenvalue weighted by Gasteiger charge is -2.57. The highest BCUT2D eigenvalue weighted by atomic mass is 16.5. The Morgan fingerprint density at radius 3 is 2.67 bits per heavy atom. The van der Waals surface area contributed by atoms with Crippen LogP contribution in [0.3, 0.4) is 0 Å². The molecule has 0 aromatic heterocycles. The summed E-state index contributed by atoms with van der Waals surface area (Å²) in [6, 6.07) is 0. The summed E-state index contributed by atoms with van der Waals surface area (Å²) in [5, 5.41) is 9.88. The average Bonchev–Trinajstić information content (AvgIpc) is 2.54. The van der Waals surface area contributed by atoms with Gasteiger partial charge in [-0.25, -0.2) is 0 Å². The Labute approximate surface area is 146 Å². The zero-order valence-electron chi connectivity index (χ0n) is 15.8. The molecule has 4 atom stereocenters. The van der Waals surface area contributed by atoms with E-state index >= 15 is 0 Å². The molecule has 4 unspecified atom stereocenters. The van der Waals surface area contributed by atoms with Crippen LogP contribution >= 0.6 is 0 Å². The maximum Gasteiger partial charge on any atom is 0.309 e. The van der Waals surface area contributed by atoms with Gasteiger partial charge in [-0.1, -0.05) is 25.5 Å². The molecule has 0 amide bonds. The third kappa shape index (κ3) is 2.47. The molecule has 0 radical (unpaired) electrons. The zero-order valence-corrected chi connectivity index (χ0v) is 15.8. The number of ether oxygens (including phenoxy) is 1. The summed E-state index contributed by atoms with van der Waals surface area (Å²) in [7, 11) is 1.78. The van der Waals surface area contributed by atoms with Gasteiger partial charge in [0.05, 0.1) is 11.0 Å². The number of allylic oxidation sites excluding steroid dienone is 3. The lowest BCUT2D eigenvalue weighted by atomic mass is 9.47. The van der Waals surface area contributed by atoms with E-state index in [0.717, 1.165) is 38.5 Å². The van der Waals surface area contributed by atoms with Gasteiger partial charge in [-0.05, 0) is 81.3 Å². The number of carboxylic acids is 1. The lowest BCUT2D eigenvalue weighted by Crippen LogP contribution is -2.53. The number of hydrogen-bond donors (Lipinski definition) is 1. The molecule has 1 N–H and O–H groups in total. The molecule has 3 rings (SSSR count). The maximum absolute atomic E-state index is 12.0. The number of hydrogen-bond acceptors (Lipinski definition) is 2. The van der Waals surface area contributed by atoms with Crippen molar-refractivity contribution in [2.45, 2.75) is 71.8 Å². The normalized spacial score (nSPS) is 39.4. The Hall–Kier alpha value is -1.09. The van der Waals surface area contributed by atoms with Gasteiger partial charge < -0.3 is 9.84 Å². The van der Waals surface area contributed by atoms with Crippen LogP contribution in [-0.4, -0.2) is 23.8 Å². The van der Waals surface area contributed by atoms with E-state index in [0.29, 0.717) is 5.92 Å². The van der Waals surface area contributed by atoms with Gasteiger partial charge in [0.2, 0.25) is 0 Å². The molecule has 3 aliphatic carbocycles. The molecular weight excluding hydrogens is 300 g/mol. The van der Waals surface area contributed by atoms with Crippen LogP contribution in [0.2, 0.25) is 0 Å². The monoisotopic (exact) mass is 332 g/mol. The summed E-state index contributed by atoms with van der Waals surface area (Å²) < 4.78 is 5.68. The van der Waals surface area contributed by atoms with Gasteiger partial charge in [-0.15, -0.1) is 0 Å². The molecule has 0 aromatic rings. The maximum atomic E-state index is 12.0. The number of carbonyl (C=O) groups is 1. The first-order valence-corrected chi connectivity index (χ1v) is 9.35. The van der Waals surface area contributed by atoms with E-state index < -0.39 is 11.4 Å². The van der Waals surface area contributed by atoms with Crippen LogP contribution in [0.15, 0.2) is 23.3 Å². The van der Waals surface area contributed by atoms with Gasteiger partial charge in [0, 0.05) is 7.11 Å². The van der Waals surface area contributed by atoms with Crippen molar-refractivity contribution in [1.29, 1.82) is 0 Å². The third-order valence-electron chi connectivity index (χ3n) is 7.58. The van der Waals surface area contributed by atoms with Crippen molar-refractivity contribution >= 4 is 5.97 Å². The standard InChI is InChI=1S/C21H32O3/c1-19(2,24-5)15-8-9-16-14(13-15)7-10-17-20(16,3)11-6-12-21(17,4)18(22)23/h7,13,16-17H,6,8-12H2,1-5H3,(H,22,23). The molecule has 0 saturated heterocycles. The molecule has 0 aromatic carbocycles. The quantitative estimate of drug-likeness (QED) is 0.793. The van der Waals surface area contributed by atoms with E-state index in [9.17, 15) is 9.90 Å². The molecule has 1 fully saturated rings. The summed E-state index contributed by atoms with van der Waals surface area (Å²) in [5.74, 6) is 0.129. The molecule has 1 saturated carbocycles. The average molecular weight is 332 g/mol. The van der Waals surface area contributed by atoms with E-state index in [1.54, 1.807) is 7.11 Å². The van der Waals surface area contributed by atoms with Crippen molar-refractivity contribution in [2.75, 3.05) is 7.11 Å². The Kier molecular flexibility index (Phi) is 4.23. The minimum absolute atomic E-state index is 0.106. The molecule has 3 heteroatoms. The second kappa shape index (κ2) is 5.72. The highest BCUT2D eigenvalue weighted by Crippen LogP contribution is 2.62. The molecular formula is C21H32O3. The van der Waals surface area contributed by atoms with Gasteiger partial charge in [0.25, 0.3) is 0 Å². The Balaban J connectivity index is 1.99. The third-order valence-corrected chi connectivity index (χ3v) is 7.58. The Morgan fingerprint density at radius 1 is 1.33 bits per heavy atom. The predicted octanol–water partition coefficient (Wildman–Crippen LogP) is 4.98. The first kappa shape index (κ1) is 17.7. The van der Waals surface area contributed by atoms with Gasteiger partial charge in [-0.2, -0.15) is 0 Å². The van der Waals surface area contributed by atoms with Crippen molar-refractivity contribution in [3.05, 3.63) is 23.3 Å². The number of aliphatic carboxylic acids is 1. The topological polar surface area (TPSA) is 46.5 Å². The molecule has 0 bridgehead atoms. The second-order valence-corrected chi connectivity index (χ2v) is 9.05. The second-order valence-electron chi connectivity index (χ2n) is 9.05. The number of rotatable bonds is 3. The molecule has 0 aliphatic heterocycles. The fraction of sp³-hybridized carbons (Fsp3) is 0.762. The van der Waals surface area contributed by atoms with E-state index in [4.69, 9.17) is 4.74 Å². The molecule has 3 nitrogen and oxygen atoms in total. The van der Waals surface area contributed by atoms with Gasteiger partial charge in [0.1, 0.15) is 0 Å². The number of carboxylic acid groups (broad SMARTS) is 1. The van der Waals surface area contributed by atoms with Crippen molar-refractivity contribution < 1.29 is 14.6 Å². The minimum Gasteiger partial charge on any atom is -0.481 e. The van der Waals surface area contributed by atoms with Crippen LogP contribution in [-0.2, 0) is 9.53 Å². The fourth-order valence-electron chi connectivity index (χ4n) is 5.73. The van der Waals surface area contributed by atoms with Crippen LogP contribution in [0.1, 0.15) is 66.2 Å². The summed E-state index contributed by atoms with van der Waals surface area (Å²) in [6.45, 7) is 8.61. The van der Waals surface area contributed by atoms with Crippen LogP contribution < -0.4 is 0 Å². The SMILES string of the molecule is COC(C)(C)C1=CC2=CCC3C(C)(C(=O)O)CCCC3(C)C2CC1. The van der Waals surface area contributed by atoms with Crippen molar-refractivity contribution in [3.8, 4) is 0 Å². The molecule has 0 heterocycles. The summed E-state index contributed by atoms with van der Waals surface area (Å²) in [4.78, 5) is 12.0. The van der Waals surface area contributed by atoms with Crippen LogP contribution in [0, 0.1) is 22.7 Å². The smallest absolute Gasteiger partial charge is 0.309 e. The van der Waals surface area contributed by atoms with Crippen molar-refractivity contribution in [3.63, 3.8) is 0 Å². The molecule has 0 spiro atoms. The van der Waals surface area contributed by atoms with Crippen LogP contribution in [0.4, 0.5) is 0 Å². The van der Waals surface area contributed by atoms with E-state index in [-0.39, 0.29) is 16.9 Å². The summed E-state index contributed by atoms with van der Waals surface area (Å²) >= 11 is 0. The molecule has 3 aliphatic rings. The zero-order chi connectivity index (χ0) is 17.8. The summed E-state index contributed by atoms with van der Waals surface area (Å²) in [6.07, 6.45) is 10.7. The van der Waals surface area contributed by atoms with Gasteiger partial charge in [-0.3, -0.25) is 4.79 Å². The predicted molar refractivity (Wildman–Crippen MR) is 95.8 cm³/mol. The minimum atomic E-state index is -0.608. The largest absolute Gasteiger partial charge is 0.481 e. The highest BCUT2D eigenvalue weighted by molar-refractivity contribution is 5.75. The summed E-state index contributed by atoms with van der Waals surface area (Å²) in [5.41, 5.74) is 2.10. The first-order valence-electron chi connectivity index (χ1n) is 9.35. The van der Waals surface area contributed by atoms with Gasteiger partial charge in [0.15, 0.2) is 0 Å². The van der Waals surface area contributed by atoms with E-state index in [2.05, 4.69) is 32.9 Å². The molecule has 24 heavy (non-hydrogen) atoms. The van der Waals surface area contributed by atoms with Crippen molar-refractivity contribution in [1.82, 2.24) is 0 Å². The number of methoxy groups -OCH3 is 1. The van der Waals surface area contributed by atoms with Gasteiger partial charge >= 0.3 is 5.97 Å². The lowest BCUT2D eigenvalue weighted by molar-refractivity contribution is -0.162. The fourth-order valence-corrected chi connectivity index (χ4v) is 5.73. The molecule has 134 valence electrons. The van der Waals surface area contributed by atoms with E-state index in [1.165, 1.54) is 11.1 Å². The Morgan fingerprint density at radius 2 is 2.04 bits per heavy atom. The van der Waals surface area contributed by atoms with Crippen molar-refractivity contribution in [2.24, 2.45) is 22.7 Å². The highest BCUT2D eigenvalue weighted by Gasteiger charge is 2.57. The first-order chi connectivity index (χ1) is 11.1. The Bertz CT molecular complexity index is 600.